The number of hydrogen-bond donors (Lipinski definition) is 1. The molecule has 0 aromatic heterocycles. The van der Waals surface area contributed by atoms with Crippen LogP contribution in [-0.4, -0.2) is 11.1 Å². The summed E-state index contributed by atoms with van der Waals surface area (Å²) < 4.78 is 1.94. The minimum atomic E-state index is -0.833. The van der Waals surface area contributed by atoms with Crippen molar-refractivity contribution in [3.63, 3.8) is 0 Å². The Labute approximate surface area is 59.2 Å². The van der Waals surface area contributed by atoms with Gasteiger partial charge in [0.1, 0.15) is 0 Å². The van der Waals surface area contributed by atoms with Crippen molar-refractivity contribution < 1.29 is 36.0 Å². The molecule has 0 heterocycles. The van der Waals surface area contributed by atoms with Crippen molar-refractivity contribution in [2.24, 2.45) is 0 Å². The van der Waals surface area contributed by atoms with Crippen LogP contribution in [0.25, 0.3) is 0 Å². The monoisotopic (exact) mass is 289 g/mol. The van der Waals surface area contributed by atoms with Crippen LogP contribution in [0.1, 0.15) is 6.92 Å². The minimum absolute atomic E-state index is 0.830. The Morgan fingerprint density at radius 1 is 2.00 bits per heavy atom. The van der Waals surface area contributed by atoms with Crippen LogP contribution < -0.4 is 0 Å². The summed E-state index contributed by atoms with van der Waals surface area (Å²) in [4.78, 5) is 9.00. The smallest absolute Gasteiger partial charge is 0.300 e. The normalized spacial score (nSPS) is 5.57. The second-order valence-electron chi connectivity index (χ2n) is 0.808. The molecule has 0 amide bonds. The number of carboxylic acids is 1. The summed E-state index contributed by atoms with van der Waals surface area (Å²) in [5.74, 6) is -0.833. The molecule has 0 fully saturated rings. The van der Waals surface area contributed by atoms with Crippen LogP contribution in [0, 0.1) is 0 Å². The van der Waals surface area contributed by atoms with Gasteiger partial charge in [0.25, 0.3) is 5.97 Å². The summed E-state index contributed by atoms with van der Waals surface area (Å²) in [6, 6.07) is 0. The van der Waals surface area contributed by atoms with Gasteiger partial charge in [0, 0.05) is 6.92 Å². The molecule has 0 radical (unpaired) electrons. The molecule has 0 aliphatic heterocycles. The second kappa shape index (κ2) is 9.47. The standard InChI is InChI=1S/C2H4O2.C2H3.Hg/c1-2(3)4;1-2;/h1H3,(H,3,4);1H,2H2;. The van der Waals surface area contributed by atoms with E-state index in [2.05, 4.69) is 6.58 Å². The first-order valence-electron chi connectivity index (χ1n) is 1.74. The van der Waals surface area contributed by atoms with Gasteiger partial charge in [-0.1, -0.05) is 0 Å². The van der Waals surface area contributed by atoms with Gasteiger partial charge in [0.2, 0.25) is 0 Å². The molecule has 0 saturated heterocycles. The van der Waals surface area contributed by atoms with E-state index < -0.39 is 5.97 Å². The largest absolute Gasteiger partial charge is 0.481 e. The third-order valence-electron chi connectivity index (χ3n) is 0. The molecule has 0 spiro atoms. The van der Waals surface area contributed by atoms with Crippen LogP contribution in [0.5, 0.6) is 0 Å². The molecule has 1 N–H and O–H groups in total. The van der Waals surface area contributed by atoms with Gasteiger partial charge in [-0.25, -0.2) is 0 Å². The van der Waals surface area contributed by atoms with Crippen molar-refractivity contribution in [3.8, 4) is 0 Å². The second-order valence-corrected chi connectivity index (χ2v) is 3.05. The van der Waals surface area contributed by atoms with Crippen molar-refractivity contribution in [1.82, 2.24) is 0 Å². The number of aliphatic carboxylic acids is 1. The maximum absolute atomic E-state index is 9.00. The summed E-state index contributed by atoms with van der Waals surface area (Å²) in [6.45, 7) is 4.53. The van der Waals surface area contributed by atoms with Gasteiger partial charge in [-0.3, -0.25) is 4.79 Å². The van der Waals surface area contributed by atoms with Gasteiger partial charge in [-0.15, -0.1) is 0 Å². The zero-order chi connectivity index (χ0) is 6.28. The van der Waals surface area contributed by atoms with Crippen LogP contribution in [-0.2, 0) is 30.9 Å². The maximum atomic E-state index is 9.00. The molecule has 2 nitrogen and oxygen atoms in total. The molecule has 0 unspecified atom stereocenters. The average Bonchev–Trinajstić information content (AvgIpc) is 1.33. The fourth-order valence-electron chi connectivity index (χ4n) is 0. The van der Waals surface area contributed by atoms with Crippen LogP contribution in [0.4, 0.5) is 0 Å². The van der Waals surface area contributed by atoms with E-state index in [0.29, 0.717) is 0 Å². The fraction of sp³-hybridized carbons (Fsp3) is 0.250. The van der Waals surface area contributed by atoms with E-state index in [1.807, 2.05) is 3.58 Å². The predicted molar refractivity (Wildman–Crippen MR) is 23.5 cm³/mol. The summed E-state index contributed by atoms with van der Waals surface area (Å²) in [6.07, 6.45) is 0. The molecule has 0 atom stereocenters. The van der Waals surface area contributed by atoms with Gasteiger partial charge in [-0.2, -0.15) is 0 Å². The van der Waals surface area contributed by atoms with Crippen molar-refractivity contribution in [2.75, 3.05) is 0 Å². The fourth-order valence-corrected chi connectivity index (χ4v) is 0. The Hall–Kier alpha value is 0.145. The average molecular weight is 288 g/mol. The molecule has 0 rings (SSSR count). The van der Waals surface area contributed by atoms with Gasteiger partial charge in [0.15, 0.2) is 0 Å². The number of hydrogen-bond acceptors (Lipinski definition) is 1. The van der Waals surface area contributed by atoms with Crippen LogP contribution in [0.15, 0.2) is 10.2 Å². The number of carbonyl (C=O) groups is 1. The van der Waals surface area contributed by atoms with Crippen LogP contribution in [0.2, 0.25) is 0 Å². The summed E-state index contributed by atoms with van der Waals surface area (Å²) in [5, 5.41) is 7.42. The summed E-state index contributed by atoms with van der Waals surface area (Å²) in [5.41, 5.74) is 0. The molecule has 0 aromatic rings. The van der Waals surface area contributed by atoms with Crippen molar-refractivity contribution in [3.05, 3.63) is 10.2 Å². The van der Waals surface area contributed by atoms with E-state index in [4.69, 9.17) is 9.90 Å². The van der Waals surface area contributed by atoms with E-state index in [1.165, 1.54) is 0 Å². The Bertz CT molecular complexity index is 56.7. The van der Waals surface area contributed by atoms with Crippen molar-refractivity contribution in [2.45, 2.75) is 6.92 Å². The first kappa shape index (κ1) is 10.2. The van der Waals surface area contributed by atoms with Crippen LogP contribution >= 0.6 is 0 Å². The van der Waals surface area contributed by atoms with E-state index in [-0.39, 0.29) is 0 Å². The van der Waals surface area contributed by atoms with Gasteiger partial charge >= 0.3 is 36.3 Å². The Kier molecular flexibility index (Phi) is 13.8. The van der Waals surface area contributed by atoms with E-state index in [0.717, 1.165) is 33.0 Å². The number of rotatable bonds is 0. The van der Waals surface area contributed by atoms with Gasteiger partial charge < -0.3 is 5.11 Å². The van der Waals surface area contributed by atoms with E-state index in [9.17, 15) is 0 Å². The number of carboxylic acid groups (broad SMARTS) is 1. The van der Waals surface area contributed by atoms with Gasteiger partial charge in [-0.05, 0) is 0 Å². The Morgan fingerprint density at radius 2 is 2.00 bits per heavy atom. The molecule has 0 aliphatic rings. The maximum Gasteiger partial charge on any atom is 0.300 e. The molecular formula is C4H7HgO2. The molecule has 3 heteroatoms. The Morgan fingerprint density at radius 3 is 2.00 bits per heavy atom. The molecule has 37 valence electrons. The first-order chi connectivity index (χ1) is 3.15. The zero-order valence-corrected chi connectivity index (χ0v) is 9.84. The SMILES string of the molecule is C=[CH][Hg].CC(=O)O. The molecule has 0 bridgehead atoms. The summed E-state index contributed by atoms with van der Waals surface area (Å²) in [7, 11) is 0. The van der Waals surface area contributed by atoms with Crippen molar-refractivity contribution in [1.29, 1.82) is 0 Å². The zero-order valence-electron chi connectivity index (χ0n) is 4.35. The third-order valence-corrected chi connectivity index (χ3v) is 0. The molecule has 7 heavy (non-hydrogen) atoms. The van der Waals surface area contributed by atoms with E-state index >= 15 is 0 Å². The Balaban J connectivity index is 0. The summed E-state index contributed by atoms with van der Waals surface area (Å²) >= 11 is 0.830. The van der Waals surface area contributed by atoms with E-state index in [1.54, 1.807) is 0 Å². The molecule has 0 aliphatic carbocycles. The topological polar surface area (TPSA) is 37.3 Å². The quantitative estimate of drug-likeness (QED) is 0.668. The van der Waals surface area contributed by atoms with Gasteiger partial charge in [0.05, 0.1) is 0 Å². The molecule has 0 saturated carbocycles. The minimum Gasteiger partial charge on any atom is -0.481 e. The third kappa shape index (κ3) is 5020. The van der Waals surface area contributed by atoms with Crippen LogP contribution in [0.3, 0.4) is 0 Å². The van der Waals surface area contributed by atoms with Crippen molar-refractivity contribution >= 4 is 5.97 Å². The molecule has 0 aromatic carbocycles. The first-order valence-corrected chi connectivity index (χ1v) is 4.92. The molecular weight excluding hydrogens is 281 g/mol. The predicted octanol–water partition coefficient (Wildman–Crippen LogP) is 0.768.